The third-order valence-electron chi connectivity index (χ3n) is 7.20. The van der Waals surface area contributed by atoms with Crippen LogP contribution in [0.25, 0.3) is 0 Å². The molecule has 1 heterocycles. The zero-order chi connectivity index (χ0) is 29.6. The second-order valence-electron chi connectivity index (χ2n) is 10.2. The van der Waals surface area contributed by atoms with Crippen molar-refractivity contribution >= 4 is 27.7 Å². The first-order valence-corrected chi connectivity index (χ1v) is 15.1. The fourth-order valence-electron chi connectivity index (χ4n) is 4.75. The molecule has 8 nitrogen and oxygen atoms in total. The average molecular weight is 580 g/mol. The van der Waals surface area contributed by atoms with E-state index < -0.39 is 27.8 Å². The molecule has 1 aliphatic heterocycles. The first-order chi connectivity index (χ1) is 19.6. The van der Waals surface area contributed by atoms with E-state index >= 15 is 0 Å². The van der Waals surface area contributed by atoms with Crippen molar-refractivity contribution < 1.29 is 27.2 Å². The Balaban J connectivity index is 1.57. The minimum atomic E-state index is -3.99. The number of rotatable bonds is 12. The van der Waals surface area contributed by atoms with E-state index in [4.69, 9.17) is 0 Å². The van der Waals surface area contributed by atoms with Gasteiger partial charge in [-0.15, -0.1) is 0 Å². The maximum Gasteiger partial charge on any atom is 0.269 e. The van der Waals surface area contributed by atoms with Gasteiger partial charge >= 0.3 is 0 Å². The van der Waals surface area contributed by atoms with Crippen molar-refractivity contribution in [2.24, 2.45) is 0 Å². The van der Waals surface area contributed by atoms with Gasteiger partial charge in [0.15, 0.2) is 0 Å². The summed E-state index contributed by atoms with van der Waals surface area (Å²) in [5.74, 6) is -1.73. The Labute approximate surface area is 240 Å². The van der Waals surface area contributed by atoms with Crippen LogP contribution in [0.1, 0.15) is 54.6 Å². The van der Waals surface area contributed by atoms with Crippen LogP contribution < -0.4 is 5.32 Å². The molecule has 2 atom stereocenters. The second kappa shape index (κ2) is 13.1. The Bertz CT molecular complexity index is 1500. The summed E-state index contributed by atoms with van der Waals surface area (Å²) in [6.45, 7) is 3.71. The molecule has 0 spiro atoms. The zero-order valence-electron chi connectivity index (χ0n) is 23.1. The standard InChI is InChI=1S/C31H34FN3O5S/c1-3-22(2)33-30(37)27(20-23-10-5-4-6-11-23)34(21-24-15-17-25(32)18-16-24)29(36)14-9-19-35-31(38)26-12-7-8-13-28(26)41(35,39)40/h4-8,10-13,15-18,22,27H,3,9,14,19-21H2,1-2H3,(H,33,37)/t22-,27+/m1/s1. The van der Waals surface area contributed by atoms with Crippen molar-refractivity contribution in [3.63, 3.8) is 0 Å². The van der Waals surface area contributed by atoms with E-state index in [1.807, 2.05) is 44.2 Å². The number of amides is 3. The van der Waals surface area contributed by atoms with E-state index in [0.29, 0.717) is 12.0 Å². The number of halogens is 1. The number of sulfonamides is 1. The fourth-order valence-corrected chi connectivity index (χ4v) is 6.36. The lowest BCUT2D eigenvalue weighted by Crippen LogP contribution is -2.52. The highest BCUT2D eigenvalue weighted by Crippen LogP contribution is 2.30. The molecule has 10 heteroatoms. The van der Waals surface area contributed by atoms with Crippen LogP contribution in [-0.2, 0) is 32.6 Å². The highest BCUT2D eigenvalue weighted by Gasteiger charge is 2.40. The van der Waals surface area contributed by atoms with E-state index in [-0.39, 0.29) is 60.7 Å². The van der Waals surface area contributed by atoms with Crippen LogP contribution in [-0.4, -0.2) is 54.0 Å². The number of benzene rings is 3. The van der Waals surface area contributed by atoms with Gasteiger partial charge in [0.05, 0.1) is 5.56 Å². The number of nitrogens with zero attached hydrogens (tertiary/aromatic N) is 2. The molecule has 1 aliphatic rings. The number of hydrogen-bond donors (Lipinski definition) is 1. The van der Waals surface area contributed by atoms with E-state index in [1.54, 1.807) is 24.3 Å². The lowest BCUT2D eigenvalue weighted by molar-refractivity contribution is -0.141. The van der Waals surface area contributed by atoms with Gasteiger partial charge in [-0.2, -0.15) is 0 Å². The lowest BCUT2D eigenvalue weighted by Gasteiger charge is -2.32. The fraction of sp³-hybridized carbons (Fsp3) is 0.323. The van der Waals surface area contributed by atoms with Crippen LogP contribution in [0.5, 0.6) is 0 Å². The van der Waals surface area contributed by atoms with Gasteiger partial charge in [-0.1, -0.05) is 61.5 Å². The van der Waals surface area contributed by atoms with Crippen LogP contribution in [0.2, 0.25) is 0 Å². The van der Waals surface area contributed by atoms with Crippen LogP contribution in [0.4, 0.5) is 4.39 Å². The molecular formula is C31H34FN3O5S. The van der Waals surface area contributed by atoms with Crippen molar-refractivity contribution in [2.75, 3.05) is 6.54 Å². The zero-order valence-corrected chi connectivity index (χ0v) is 23.9. The molecule has 41 heavy (non-hydrogen) atoms. The minimum absolute atomic E-state index is 0.0427. The summed E-state index contributed by atoms with van der Waals surface area (Å²) >= 11 is 0. The molecule has 0 fully saturated rings. The summed E-state index contributed by atoms with van der Waals surface area (Å²) in [6.07, 6.45) is 0.933. The molecule has 3 amide bonds. The van der Waals surface area contributed by atoms with E-state index in [1.165, 1.54) is 29.2 Å². The summed E-state index contributed by atoms with van der Waals surface area (Å²) in [7, 11) is -3.99. The number of nitrogens with one attached hydrogen (secondary N) is 1. The Morgan fingerprint density at radius 3 is 2.27 bits per heavy atom. The molecule has 0 unspecified atom stereocenters. The maximum absolute atomic E-state index is 13.8. The van der Waals surface area contributed by atoms with Crippen LogP contribution in [0, 0.1) is 5.82 Å². The second-order valence-corrected chi connectivity index (χ2v) is 12.0. The third-order valence-corrected chi connectivity index (χ3v) is 9.04. The first-order valence-electron chi connectivity index (χ1n) is 13.7. The molecule has 3 aromatic carbocycles. The topological polar surface area (TPSA) is 104 Å². The predicted octanol–water partition coefficient (Wildman–Crippen LogP) is 4.31. The van der Waals surface area contributed by atoms with Gasteiger partial charge in [0, 0.05) is 32.0 Å². The summed E-state index contributed by atoms with van der Waals surface area (Å²) in [5, 5.41) is 2.98. The molecule has 0 aliphatic carbocycles. The molecule has 1 N–H and O–H groups in total. The quantitative estimate of drug-likeness (QED) is 0.345. The van der Waals surface area contributed by atoms with E-state index in [2.05, 4.69) is 5.32 Å². The van der Waals surface area contributed by atoms with Gasteiger partial charge in [0.1, 0.15) is 16.8 Å². The summed E-state index contributed by atoms with van der Waals surface area (Å²) in [6, 6.07) is 20.1. The Morgan fingerprint density at radius 2 is 1.61 bits per heavy atom. The van der Waals surface area contributed by atoms with Gasteiger partial charge < -0.3 is 10.2 Å². The monoisotopic (exact) mass is 579 g/mol. The van der Waals surface area contributed by atoms with Gasteiger partial charge in [-0.3, -0.25) is 14.4 Å². The summed E-state index contributed by atoms with van der Waals surface area (Å²) in [5.41, 5.74) is 1.61. The lowest BCUT2D eigenvalue weighted by atomic mass is 10.0. The normalized spacial score (nSPS) is 15.2. The van der Waals surface area contributed by atoms with E-state index in [9.17, 15) is 27.2 Å². The SMILES string of the molecule is CC[C@@H](C)NC(=O)[C@H](Cc1ccccc1)N(Cc1ccc(F)cc1)C(=O)CCCN1C(=O)c2ccccc2S1(=O)=O. The molecule has 0 saturated heterocycles. The number of carbonyl (C=O) groups excluding carboxylic acids is 3. The van der Waals surface area contributed by atoms with Crippen molar-refractivity contribution in [1.82, 2.24) is 14.5 Å². The van der Waals surface area contributed by atoms with Crippen LogP contribution in [0.3, 0.4) is 0 Å². The number of hydrogen-bond acceptors (Lipinski definition) is 5. The molecule has 216 valence electrons. The highest BCUT2D eigenvalue weighted by molar-refractivity contribution is 7.90. The maximum atomic E-state index is 13.8. The van der Waals surface area contributed by atoms with E-state index in [0.717, 1.165) is 9.87 Å². The molecule has 0 saturated carbocycles. The summed E-state index contributed by atoms with van der Waals surface area (Å²) in [4.78, 5) is 41.5. The predicted molar refractivity (Wildman–Crippen MR) is 153 cm³/mol. The molecule has 0 bridgehead atoms. The molecular weight excluding hydrogens is 545 g/mol. The van der Waals surface area contributed by atoms with Gasteiger partial charge in [0.25, 0.3) is 15.9 Å². The Morgan fingerprint density at radius 1 is 0.951 bits per heavy atom. The first kappa shape index (κ1) is 29.9. The average Bonchev–Trinajstić information content (AvgIpc) is 3.16. The smallest absolute Gasteiger partial charge is 0.269 e. The van der Waals surface area contributed by atoms with Crippen molar-refractivity contribution in [2.45, 2.75) is 63.1 Å². The largest absolute Gasteiger partial charge is 0.352 e. The molecule has 0 radical (unpaired) electrons. The Hall–Kier alpha value is -4.05. The van der Waals surface area contributed by atoms with Gasteiger partial charge in [0.2, 0.25) is 11.8 Å². The highest BCUT2D eigenvalue weighted by atomic mass is 32.2. The minimum Gasteiger partial charge on any atom is -0.352 e. The third kappa shape index (κ3) is 7.00. The number of carbonyl (C=O) groups is 3. The Kier molecular flexibility index (Phi) is 9.54. The van der Waals surface area contributed by atoms with Crippen LogP contribution >= 0.6 is 0 Å². The van der Waals surface area contributed by atoms with Crippen molar-refractivity contribution in [3.05, 3.63) is 101 Å². The molecule has 0 aromatic heterocycles. The van der Waals surface area contributed by atoms with Gasteiger partial charge in [-0.05, 0) is 55.2 Å². The molecule has 3 aromatic rings. The van der Waals surface area contributed by atoms with Gasteiger partial charge in [-0.25, -0.2) is 17.1 Å². The summed E-state index contributed by atoms with van der Waals surface area (Å²) < 4.78 is 40.3. The van der Waals surface area contributed by atoms with Crippen LogP contribution in [0.15, 0.2) is 83.8 Å². The van der Waals surface area contributed by atoms with Crippen molar-refractivity contribution in [3.8, 4) is 0 Å². The van der Waals surface area contributed by atoms with Crippen molar-refractivity contribution in [1.29, 1.82) is 0 Å². The number of fused-ring (bicyclic) bond motifs is 1. The molecule has 4 rings (SSSR count).